The van der Waals surface area contributed by atoms with E-state index in [2.05, 4.69) is 101 Å². The van der Waals surface area contributed by atoms with Gasteiger partial charge in [0.25, 0.3) is 5.52 Å². The van der Waals surface area contributed by atoms with Gasteiger partial charge in [-0.1, -0.05) is 73.1 Å². The molecule has 0 saturated carbocycles. The van der Waals surface area contributed by atoms with Crippen LogP contribution in [0.2, 0.25) is 5.02 Å². The van der Waals surface area contributed by atoms with Crippen molar-refractivity contribution >= 4 is 52.0 Å². The Kier molecular flexibility index (Phi) is 12.3. The highest BCUT2D eigenvalue weighted by atomic mass is 35.5. The van der Waals surface area contributed by atoms with Gasteiger partial charge in [-0.2, -0.15) is 4.57 Å². The SMILES string of the molecule is CCC(=C\c1oc2ccccc2[n+]1CC)/C=C1\N(CC)c2ccc(-c3ccccc3)cc2N1CCCCNC(=O)CCC1c2ccc(Cl)cc2CCC1C(=O)O. The van der Waals surface area contributed by atoms with E-state index in [1.807, 2.05) is 42.5 Å². The second-order valence-corrected chi connectivity index (χ2v) is 15.2. The zero-order valence-corrected chi connectivity index (χ0v) is 33.4. The molecule has 0 spiro atoms. The molecule has 7 rings (SSSR count). The molecule has 290 valence electrons. The summed E-state index contributed by atoms with van der Waals surface area (Å²) in [5, 5.41) is 13.7. The summed E-state index contributed by atoms with van der Waals surface area (Å²) in [7, 11) is 0. The standard InChI is InChI=1S/C47H51ClN4O4/c1-4-32(29-46-51(6-3)41-16-10-11-17-43(41)56-46)28-45-50(5-2)40-24-19-34(33-14-8-7-9-15-33)31-42(40)52(45)27-13-12-26-49-44(53)25-23-38-37-22-20-36(48)30-35(37)18-21-39(38)47(54)55/h7-11,14-17,19-20,22,24,28-31,38-39H,4-6,12-13,18,21,23,25-27H2,1-3H3,(H-,49,53,54,55)/p+1. The van der Waals surface area contributed by atoms with Crippen LogP contribution >= 0.6 is 11.6 Å². The number of nitrogens with zero attached hydrogens (tertiary/aromatic N) is 3. The van der Waals surface area contributed by atoms with Crippen molar-refractivity contribution in [2.45, 2.75) is 78.2 Å². The van der Waals surface area contributed by atoms with Crippen molar-refractivity contribution in [1.29, 1.82) is 0 Å². The molecule has 4 aromatic carbocycles. The molecule has 5 aromatic rings. The van der Waals surface area contributed by atoms with Crippen LogP contribution in [0, 0.1) is 5.92 Å². The molecule has 1 amide bonds. The highest BCUT2D eigenvalue weighted by Crippen LogP contribution is 2.45. The molecule has 2 aliphatic rings. The first-order chi connectivity index (χ1) is 27.3. The highest BCUT2D eigenvalue weighted by molar-refractivity contribution is 6.30. The Bertz CT molecular complexity index is 2260. The zero-order valence-electron chi connectivity index (χ0n) is 32.6. The van der Waals surface area contributed by atoms with Crippen LogP contribution in [0.5, 0.6) is 0 Å². The van der Waals surface area contributed by atoms with Gasteiger partial charge in [0.05, 0.1) is 23.4 Å². The lowest BCUT2D eigenvalue weighted by Gasteiger charge is -2.31. The number of aliphatic carboxylic acids is 1. The van der Waals surface area contributed by atoms with Crippen molar-refractivity contribution in [1.82, 2.24) is 5.32 Å². The number of carbonyl (C=O) groups is 2. The first-order valence-electron chi connectivity index (χ1n) is 20.2. The minimum atomic E-state index is -0.800. The number of para-hydroxylation sites is 2. The first kappa shape index (κ1) is 38.9. The fourth-order valence-electron chi connectivity index (χ4n) is 8.48. The van der Waals surface area contributed by atoms with E-state index in [0.717, 1.165) is 72.8 Å². The summed E-state index contributed by atoms with van der Waals surface area (Å²) in [6, 6.07) is 31.1. The van der Waals surface area contributed by atoms with Gasteiger partial charge < -0.3 is 24.6 Å². The van der Waals surface area contributed by atoms with E-state index in [-0.39, 0.29) is 18.2 Å². The van der Waals surface area contributed by atoms with E-state index in [1.165, 1.54) is 28.1 Å². The molecule has 0 saturated heterocycles. The maximum Gasteiger partial charge on any atom is 0.374 e. The molecule has 1 aromatic heterocycles. The number of halogens is 1. The Morgan fingerprint density at radius 1 is 0.929 bits per heavy atom. The maximum atomic E-state index is 13.1. The number of aromatic nitrogens is 1. The van der Waals surface area contributed by atoms with Gasteiger partial charge in [0.2, 0.25) is 11.5 Å². The van der Waals surface area contributed by atoms with E-state index in [0.29, 0.717) is 30.8 Å². The largest absolute Gasteiger partial charge is 0.481 e. The normalized spacial score (nSPS) is 17.4. The fourth-order valence-corrected chi connectivity index (χ4v) is 8.68. The number of carbonyl (C=O) groups excluding carboxylic acids is 1. The summed E-state index contributed by atoms with van der Waals surface area (Å²) >= 11 is 6.24. The second-order valence-electron chi connectivity index (χ2n) is 14.7. The number of carboxylic acid groups (broad SMARTS) is 1. The van der Waals surface area contributed by atoms with Crippen molar-refractivity contribution in [2.24, 2.45) is 5.92 Å². The summed E-state index contributed by atoms with van der Waals surface area (Å²) in [5.41, 5.74) is 9.94. The molecule has 0 fully saturated rings. The summed E-state index contributed by atoms with van der Waals surface area (Å²) in [4.78, 5) is 30.1. The van der Waals surface area contributed by atoms with E-state index >= 15 is 0 Å². The zero-order chi connectivity index (χ0) is 39.2. The van der Waals surface area contributed by atoms with Gasteiger partial charge in [-0.05, 0) is 123 Å². The molecule has 8 nitrogen and oxygen atoms in total. The number of benzene rings is 4. The van der Waals surface area contributed by atoms with Crippen LogP contribution in [-0.4, -0.2) is 36.6 Å². The van der Waals surface area contributed by atoms with Gasteiger partial charge >= 0.3 is 11.9 Å². The third-order valence-electron chi connectivity index (χ3n) is 11.4. The maximum absolute atomic E-state index is 13.1. The summed E-state index contributed by atoms with van der Waals surface area (Å²) in [6.45, 7) is 9.48. The lowest BCUT2D eigenvalue weighted by molar-refractivity contribution is -0.674. The van der Waals surface area contributed by atoms with Gasteiger partial charge in [-0.25, -0.2) is 0 Å². The van der Waals surface area contributed by atoms with E-state index < -0.39 is 11.9 Å². The van der Waals surface area contributed by atoms with Crippen molar-refractivity contribution in [3.63, 3.8) is 0 Å². The van der Waals surface area contributed by atoms with E-state index in [4.69, 9.17) is 16.0 Å². The molecule has 9 heteroatoms. The fraction of sp³-hybridized carbons (Fsp3) is 0.340. The molecule has 2 N–H and O–H groups in total. The van der Waals surface area contributed by atoms with Crippen molar-refractivity contribution in [2.75, 3.05) is 29.4 Å². The third-order valence-corrected chi connectivity index (χ3v) is 11.6. The van der Waals surface area contributed by atoms with Gasteiger partial charge in [0.1, 0.15) is 12.4 Å². The van der Waals surface area contributed by atoms with Crippen LogP contribution in [0.3, 0.4) is 0 Å². The highest BCUT2D eigenvalue weighted by Gasteiger charge is 2.35. The second kappa shape index (κ2) is 17.6. The number of rotatable bonds is 15. The smallest absolute Gasteiger partial charge is 0.374 e. The van der Waals surface area contributed by atoms with Gasteiger partial charge in [0.15, 0.2) is 0 Å². The summed E-state index contributed by atoms with van der Waals surface area (Å²) < 4.78 is 8.58. The number of carboxylic acids is 1. The molecule has 56 heavy (non-hydrogen) atoms. The minimum Gasteiger partial charge on any atom is -0.481 e. The topological polar surface area (TPSA) is 89.9 Å². The predicted molar refractivity (Wildman–Crippen MR) is 226 cm³/mol. The van der Waals surface area contributed by atoms with Crippen LogP contribution < -0.4 is 19.7 Å². The number of aryl methyl sites for hydroxylation is 2. The third kappa shape index (κ3) is 8.26. The Morgan fingerprint density at radius 3 is 2.50 bits per heavy atom. The molecule has 2 heterocycles. The summed E-state index contributed by atoms with van der Waals surface area (Å²) in [6.07, 6.45) is 9.02. The van der Waals surface area contributed by atoms with Crippen LogP contribution in [0.25, 0.3) is 28.3 Å². The molecule has 1 aliphatic heterocycles. The van der Waals surface area contributed by atoms with Crippen LogP contribution in [0.4, 0.5) is 11.4 Å². The van der Waals surface area contributed by atoms with Crippen LogP contribution in [-0.2, 0) is 22.6 Å². The number of allylic oxidation sites excluding steroid dienone is 2. The number of fused-ring (bicyclic) bond motifs is 3. The van der Waals surface area contributed by atoms with Gasteiger partial charge in [-0.3, -0.25) is 9.59 Å². The number of hydrogen-bond acceptors (Lipinski definition) is 5. The Balaban J connectivity index is 1.07. The van der Waals surface area contributed by atoms with Crippen LogP contribution in [0.15, 0.2) is 113 Å². The average molecular weight is 772 g/mol. The first-order valence-corrected chi connectivity index (χ1v) is 20.5. The van der Waals surface area contributed by atoms with Gasteiger partial charge in [0, 0.05) is 37.1 Å². The predicted octanol–water partition coefficient (Wildman–Crippen LogP) is 10.1. The van der Waals surface area contributed by atoms with Crippen molar-refractivity contribution in [3.05, 3.63) is 131 Å². The molecular weight excluding hydrogens is 720 g/mol. The van der Waals surface area contributed by atoms with E-state index in [1.54, 1.807) is 0 Å². The van der Waals surface area contributed by atoms with E-state index in [9.17, 15) is 14.7 Å². The number of amides is 1. The number of hydrogen-bond donors (Lipinski definition) is 2. The monoisotopic (exact) mass is 771 g/mol. The molecule has 2 unspecified atom stereocenters. The average Bonchev–Trinajstić information content (AvgIpc) is 3.72. The summed E-state index contributed by atoms with van der Waals surface area (Å²) in [5.74, 6) is 0.423. The number of unbranched alkanes of at least 4 members (excludes halogenated alkanes) is 1. The quantitative estimate of drug-likeness (QED) is 0.0814. The van der Waals surface area contributed by atoms with Gasteiger partial charge in [-0.15, -0.1) is 0 Å². The lowest BCUT2D eigenvalue weighted by Crippen LogP contribution is -2.33. The molecule has 0 bridgehead atoms. The van der Waals surface area contributed by atoms with Crippen LogP contribution in [0.1, 0.15) is 82.2 Å². The van der Waals surface area contributed by atoms with Crippen molar-refractivity contribution < 1.29 is 23.7 Å². The minimum absolute atomic E-state index is 0.0420. The Labute approximate surface area is 335 Å². The number of nitrogens with one attached hydrogen (secondary N) is 1. The van der Waals surface area contributed by atoms with Crippen molar-refractivity contribution in [3.8, 4) is 11.1 Å². The molecule has 1 aliphatic carbocycles. The number of oxazole rings is 1. The Morgan fingerprint density at radius 2 is 1.73 bits per heavy atom. The molecular formula is C47H52ClN4O4+. The number of anilines is 2. The lowest BCUT2D eigenvalue weighted by atomic mass is 9.73. The Hall–Kier alpha value is -5.34. The molecule has 0 radical (unpaired) electrons. The molecule has 2 atom stereocenters.